The first-order chi connectivity index (χ1) is 27.9. The lowest BCUT2D eigenvalue weighted by Crippen LogP contribution is -2.27. The van der Waals surface area contributed by atoms with Crippen LogP contribution in [-0.2, 0) is 23.8 Å². The van der Waals surface area contributed by atoms with Crippen molar-refractivity contribution >= 4 is 44.8 Å². The van der Waals surface area contributed by atoms with Crippen LogP contribution in [0, 0.1) is 17.8 Å². The summed E-state index contributed by atoms with van der Waals surface area (Å²) in [6, 6.07) is 21.4. The van der Waals surface area contributed by atoms with Gasteiger partial charge in [0.2, 0.25) is 11.9 Å². The standard InChI is InChI=1S/C45H55N3O8S/c1-4-32-10-14-34(15-11-32)36-18-23-41(37(28-36)29-46-48(24-25-52-27-26-51-3)45-47-40-8-6-7-9-42(40)57-45)53-30-33-12-16-35(17-13-33)44(50)56-39-21-19-38(20-22-39)54-31-55-43(49)5-2/h5-9,18-23,28-29,32-35H,2,4,10-17,24-27,30-31H2,1,3H3/b46-29+. The Hall–Kier alpha value is -4.78. The second-order valence-corrected chi connectivity index (χ2v) is 15.7. The van der Waals surface area contributed by atoms with Crippen molar-refractivity contribution in [3.05, 3.63) is 90.5 Å². The number of carbonyl (C=O) groups excluding carboxylic acids is 2. The van der Waals surface area contributed by atoms with Gasteiger partial charge in [-0.2, -0.15) is 5.10 Å². The van der Waals surface area contributed by atoms with Crippen molar-refractivity contribution in [1.82, 2.24) is 4.98 Å². The summed E-state index contributed by atoms with van der Waals surface area (Å²) in [7, 11) is 1.67. The van der Waals surface area contributed by atoms with E-state index in [1.54, 1.807) is 42.7 Å². The molecule has 304 valence electrons. The van der Waals surface area contributed by atoms with E-state index in [-0.39, 0.29) is 18.7 Å². The molecule has 0 spiro atoms. The van der Waals surface area contributed by atoms with Gasteiger partial charge in [-0.15, -0.1) is 0 Å². The van der Waals surface area contributed by atoms with E-state index in [2.05, 4.69) is 37.8 Å². The lowest BCUT2D eigenvalue weighted by molar-refractivity contribution is -0.144. The van der Waals surface area contributed by atoms with Crippen LogP contribution in [0.15, 0.2) is 84.5 Å². The van der Waals surface area contributed by atoms with Crippen molar-refractivity contribution in [3.8, 4) is 17.2 Å². The summed E-state index contributed by atoms with van der Waals surface area (Å²) in [5.74, 6) is 2.44. The third-order valence-corrected chi connectivity index (χ3v) is 12.0. The average molecular weight is 798 g/mol. The molecule has 2 saturated carbocycles. The summed E-state index contributed by atoms with van der Waals surface area (Å²) in [4.78, 5) is 29.2. The summed E-state index contributed by atoms with van der Waals surface area (Å²) in [6.07, 6.45) is 12.4. The molecule has 0 atom stereocenters. The molecule has 0 saturated heterocycles. The van der Waals surface area contributed by atoms with Gasteiger partial charge in [0.1, 0.15) is 17.2 Å². The predicted octanol–water partition coefficient (Wildman–Crippen LogP) is 9.34. The molecular formula is C45H55N3O8S. The largest absolute Gasteiger partial charge is 0.493 e. The Bertz CT molecular complexity index is 1880. The van der Waals surface area contributed by atoms with Gasteiger partial charge in [-0.05, 0) is 123 Å². The van der Waals surface area contributed by atoms with Gasteiger partial charge in [0.05, 0.1) is 55.3 Å². The fourth-order valence-corrected chi connectivity index (χ4v) is 8.40. The summed E-state index contributed by atoms with van der Waals surface area (Å²) in [6.45, 7) is 8.05. The monoisotopic (exact) mass is 797 g/mol. The SMILES string of the molecule is C=CC(=O)OCOc1ccc(OC(=O)C2CCC(COc3ccc(C4CCC(CC)CC4)cc3/C=N/N(CCOCCOC)c3nc4ccccc4s3)CC2)cc1. The Morgan fingerprint density at radius 3 is 2.39 bits per heavy atom. The third-order valence-electron chi connectivity index (χ3n) is 10.9. The number of esters is 2. The lowest BCUT2D eigenvalue weighted by atomic mass is 9.77. The zero-order valence-electron chi connectivity index (χ0n) is 33.1. The van der Waals surface area contributed by atoms with Crippen LogP contribution < -0.4 is 19.2 Å². The number of nitrogens with zero attached hydrogens (tertiary/aromatic N) is 3. The molecule has 6 rings (SSSR count). The maximum Gasteiger partial charge on any atom is 0.333 e. The highest BCUT2D eigenvalue weighted by Gasteiger charge is 2.29. The van der Waals surface area contributed by atoms with Gasteiger partial charge in [0.15, 0.2) is 0 Å². The molecule has 2 aliphatic rings. The number of fused-ring (bicyclic) bond motifs is 1. The summed E-state index contributed by atoms with van der Waals surface area (Å²) in [5, 5.41) is 7.75. The normalized spacial score (nSPS) is 19.6. The van der Waals surface area contributed by atoms with Crippen molar-refractivity contribution in [2.45, 2.75) is 70.6 Å². The van der Waals surface area contributed by atoms with E-state index in [0.717, 1.165) is 64.3 Å². The molecular weight excluding hydrogens is 743 g/mol. The third kappa shape index (κ3) is 12.4. The van der Waals surface area contributed by atoms with Crippen LogP contribution in [0.2, 0.25) is 0 Å². The zero-order valence-corrected chi connectivity index (χ0v) is 34.0. The molecule has 0 unspecified atom stereocenters. The molecule has 57 heavy (non-hydrogen) atoms. The Balaban J connectivity index is 1.09. The molecule has 0 aliphatic heterocycles. The molecule has 3 aromatic carbocycles. The summed E-state index contributed by atoms with van der Waals surface area (Å²) in [5.41, 5.74) is 3.23. The summed E-state index contributed by atoms with van der Waals surface area (Å²) < 4.78 is 34.6. The van der Waals surface area contributed by atoms with Crippen LogP contribution in [0.5, 0.6) is 17.2 Å². The van der Waals surface area contributed by atoms with E-state index < -0.39 is 5.97 Å². The number of para-hydroxylation sites is 1. The molecule has 2 fully saturated rings. The topological polar surface area (TPSA) is 118 Å². The minimum absolute atomic E-state index is 0.174. The Labute approximate surface area is 340 Å². The van der Waals surface area contributed by atoms with Crippen molar-refractivity contribution in [2.75, 3.05) is 51.9 Å². The average Bonchev–Trinajstić information content (AvgIpc) is 3.69. The van der Waals surface area contributed by atoms with E-state index >= 15 is 0 Å². The highest BCUT2D eigenvalue weighted by Crippen LogP contribution is 2.39. The number of aromatic nitrogens is 1. The van der Waals surface area contributed by atoms with Crippen LogP contribution in [0.4, 0.5) is 5.13 Å². The van der Waals surface area contributed by atoms with Gasteiger partial charge in [-0.25, -0.2) is 14.8 Å². The van der Waals surface area contributed by atoms with E-state index in [1.165, 1.54) is 37.7 Å². The molecule has 4 aromatic rings. The molecule has 0 radical (unpaired) electrons. The first kappa shape index (κ1) is 41.8. The van der Waals surface area contributed by atoms with Gasteiger partial charge >= 0.3 is 11.9 Å². The van der Waals surface area contributed by atoms with Crippen molar-refractivity contribution < 1.29 is 38.0 Å². The molecule has 0 amide bonds. The number of rotatable bonds is 20. The molecule has 12 heteroatoms. The number of carbonyl (C=O) groups is 2. The van der Waals surface area contributed by atoms with E-state index in [4.69, 9.17) is 38.5 Å². The number of methoxy groups -OCH3 is 1. The first-order valence-electron chi connectivity index (χ1n) is 20.2. The van der Waals surface area contributed by atoms with Gasteiger partial charge in [-0.1, -0.05) is 49.5 Å². The minimum Gasteiger partial charge on any atom is -0.493 e. The van der Waals surface area contributed by atoms with E-state index in [9.17, 15) is 9.59 Å². The van der Waals surface area contributed by atoms with Crippen LogP contribution in [-0.4, -0.2) is 70.0 Å². The van der Waals surface area contributed by atoms with Gasteiger partial charge in [-0.3, -0.25) is 4.79 Å². The van der Waals surface area contributed by atoms with Crippen LogP contribution in [0.1, 0.15) is 81.8 Å². The number of ether oxygens (including phenoxy) is 6. The Kier molecular flexibility index (Phi) is 15.9. The number of thiazole rings is 1. The van der Waals surface area contributed by atoms with Gasteiger partial charge in [0.25, 0.3) is 0 Å². The number of hydrogen-bond acceptors (Lipinski definition) is 12. The smallest absolute Gasteiger partial charge is 0.333 e. The molecule has 1 heterocycles. The highest BCUT2D eigenvalue weighted by atomic mass is 32.1. The Morgan fingerprint density at radius 2 is 1.65 bits per heavy atom. The quantitative estimate of drug-likeness (QED) is 0.0163. The number of hydrazone groups is 1. The van der Waals surface area contributed by atoms with E-state index in [1.807, 2.05) is 29.4 Å². The maximum absolute atomic E-state index is 13.1. The van der Waals surface area contributed by atoms with E-state index in [0.29, 0.717) is 56.3 Å². The number of benzene rings is 3. The number of hydrogen-bond donors (Lipinski definition) is 0. The van der Waals surface area contributed by atoms with Crippen molar-refractivity contribution in [3.63, 3.8) is 0 Å². The lowest BCUT2D eigenvalue weighted by Gasteiger charge is -2.29. The second-order valence-electron chi connectivity index (χ2n) is 14.7. The van der Waals surface area contributed by atoms with Crippen LogP contribution >= 0.6 is 11.3 Å². The second kappa shape index (κ2) is 21.7. The van der Waals surface area contributed by atoms with Crippen molar-refractivity contribution in [1.29, 1.82) is 0 Å². The summed E-state index contributed by atoms with van der Waals surface area (Å²) >= 11 is 1.61. The van der Waals surface area contributed by atoms with Gasteiger partial charge < -0.3 is 28.4 Å². The molecule has 2 aliphatic carbocycles. The fourth-order valence-electron chi connectivity index (χ4n) is 7.45. The molecule has 11 nitrogen and oxygen atoms in total. The predicted molar refractivity (Wildman–Crippen MR) is 223 cm³/mol. The Morgan fingerprint density at radius 1 is 0.895 bits per heavy atom. The molecule has 1 aromatic heterocycles. The van der Waals surface area contributed by atoms with Crippen LogP contribution in [0.25, 0.3) is 10.2 Å². The van der Waals surface area contributed by atoms with Crippen LogP contribution in [0.3, 0.4) is 0 Å². The maximum atomic E-state index is 13.1. The van der Waals surface area contributed by atoms with Gasteiger partial charge in [0, 0.05) is 18.7 Å². The molecule has 0 N–H and O–H groups in total. The van der Waals surface area contributed by atoms with Crippen molar-refractivity contribution in [2.24, 2.45) is 22.9 Å². The first-order valence-corrected chi connectivity index (χ1v) is 21.0. The molecule has 0 bridgehead atoms. The zero-order chi connectivity index (χ0) is 39.8. The number of anilines is 1. The fraction of sp³-hybridized carbons (Fsp3) is 0.467. The minimum atomic E-state index is -0.564. The highest BCUT2D eigenvalue weighted by molar-refractivity contribution is 7.22.